The lowest BCUT2D eigenvalue weighted by Gasteiger charge is -2.24. The van der Waals surface area contributed by atoms with Crippen molar-refractivity contribution in [3.8, 4) is 17.2 Å². The normalized spacial score (nSPS) is 11.6. The number of sulfonamides is 1. The maximum Gasteiger partial charge on any atom is 0.323 e. The lowest BCUT2D eigenvalue weighted by atomic mass is 9.86. The molecule has 0 radical (unpaired) electrons. The van der Waals surface area contributed by atoms with E-state index in [1.54, 1.807) is 36.5 Å². The summed E-state index contributed by atoms with van der Waals surface area (Å²) in [6.07, 6.45) is 2.75. The number of carbonyl (C=O) groups excluding carboxylic acids is 1. The molecule has 11 heteroatoms. The first kappa shape index (κ1) is 27.8. The second-order valence-corrected chi connectivity index (χ2v) is 11.9. The Hall–Kier alpha value is -4.25. The number of nitrogens with zero attached hydrogens (tertiary/aromatic N) is 1. The first-order valence-corrected chi connectivity index (χ1v) is 14.1. The topological polar surface area (TPSA) is 119 Å². The number of rotatable bonds is 7. The molecule has 0 aliphatic rings. The Bertz CT molecular complexity index is 1650. The number of carbonyl (C=O) groups is 1. The molecule has 39 heavy (non-hydrogen) atoms. The number of nitrogens with one attached hydrogen (secondary N) is 3. The third kappa shape index (κ3) is 6.80. The fraction of sp³-hybridized carbons (Fsp3) is 0.214. The molecule has 0 saturated heterocycles. The molecule has 0 atom stereocenters. The zero-order valence-electron chi connectivity index (χ0n) is 22.7. The lowest BCUT2D eigenvalue weighted by molar-refractivity contribution is 0.262. The van der Waals surface area contributed by atoms with Crippen LogP contribution in [-0.4, -0.2) is 40.6 Å². The number of aromatic nitrogens is 1. The molecule has 202 valence electrons. The number of benzene rings is 3. The van der Waals surface area contributed by atoms with E-state index < -0.39 is 16.1 Å². The monoisotopic (exact) mass is 546 g/mol. The van der Waals surface area contributed by atoms with Crippen LogP contribution in [0.3, 0.4) is 0 Å². The molecule has 1 heterocycles. The summed E-state index contributed by atoms with van der Waals surface area (Å²) in [6.45, 7) is 5.98. The van der Waals surface area contributed by atoms with Crippen LogP contribution in [0, 0.1) is 0 Å². The molecule has 1 aromatic heterocycles. The highest BCUT2D eigenvalue weighted by molar-refractivity contribution is 7.92. The fourth-order valence-electron chi connectivity index (χ4n) is 4.11. The largest absolute Gasteiger partial charge is 0.492 e. The van der Waals surface area contributed by atoms with E-state index in [2.05, 4.69) is 20.3 Å². The first-order valence-electron chi connectivity index (χ1n) is 12.2. The Morgan fingerprint density at radius 2 is 1.59 bits per heavy atom. The van der Waals surface area contributed by atoms with Gasteiger partial charge in [-0.05, 0) is 53.0 Å². The summed E-state index contributed by atoms with van der Waals surface area (Å²) in [4.78, 5) is 17.4. The summed E-state index contributed by atoms with van der Waals surface area (Å²) in [5, 5.41) is 7.33. The molecule has 0 aliphatic heterocycles. The number of amides is 2. The molecule has 4 aromatic rings. The van der Waals surface area contributed by atoms with E-state index in [-0.39, 0.29) is 16.9 Å². The first-order chi connectivity index (χ1) is 18.3. The van der Waals surface area contributed by atoms with Crippen LogP contribution in [0.1, 0.15) is 26.3 Å². The van der Waals surface area contributed by atoms with E-state index in [9.17, 15) is 13.2 Å². The van der Waals surface area contributed by atoms with Gasteiger partial charge in [0.1, 0.15) is 11.5 Å². The summed E-state index contributed by atoms with van der Waals surface area (Å²) in [5.41, 5.74) is 2.45. The van der Waals surface area contributed by atoms with E-state index in [1.165, 1.54) is 7.11 Å². The van der Waals surface area contributed by atoms with Crippen LogP contribution < -0.4 is 30.4 Å². The predicted octanol–water partition coefficient (Wildman–Crippen LogP) is 4.61. The summed E-state index contributed by atoms with van der Waals surface area (Å²) in [5.74, 6) is 1.50. The summed E-state index contributed by atoms with van der Waals surface area (Å²) in [7, 11) is -0.285. The molecular formula is C28H31BN4O5S. The van der Waals surface area contributed by atoms with Gasteiger partial charge in [-0.25, -0.2) is 13.2 Å². The molecule has 0 saturated carbocycles. The highest BCUT2D eigenvalue weighted by Gasteiger charge is 2.22. The fourth-order valence-corrected chi connectivity index (χ4v) is 4.66. The molecule has 4 rings (SSSR count). The maximum atomic E-state index is 13.2. The smallest absolute Gasteiger partial charge is 0.323 e. The standard InChI is InChI=1S/C28H31BN4O5S/c1-28(2,3)17-14-22(26(37-4)23(15-17)33-39(5,35)36)32-27(34)31-21-10-11-24(20-9-7-6-8-19(20)21)38-18-12-13-30-25(29)16-18/h6-16,33H,29H2,1-5H3,(H2,31,32,34). The molecule has 3 aromatic carbocycles. The summed E-state index contributed by atoms with van der Waals surface area (Å²) >= 11 is 0. The number of fused-ring (bicyclic) bond motifs is 1. The van der Waals surface area contributed by atoms with Crippen molar-refractivity contribution >= 4 is 57.3 Å². The minimum atomic E-state index is -3.59. The Morgan fingerprint density at radius 3 is 2.23 bits per heavy atom. The average molecular weight is 546 g/mol. The molecule has 0 unspecified atom stereocenters. The van der Waals surface area contributed by atoms with Crippen LogP contribution in [0.5, 0.6) is 17.2 Å². The second kappa shape index (κ2) is 10.9. The van der Waals surface area contributed by atoms with Gasteiger partial charge < -0.3 is 20.1 Å². The number of pyridine rings is 1. The lowest BCUT2D eigenvalue weighted by Crippen LogP contribution is -2.22. The van der Waals surface area contributed by atoms with Crippen LogP contribution in [0.2, 0.25) is 0 Å². The van der Waals surface area contributed by atoms with Crippen molar-refractivity contribution in [1.82, 2.24) is 4.98 Å². The molecule has 0 aliphatic carbocycles. The maximum absolute atomic E-state index is 13.2. The highest BCUT2D eigenvalue weighted by Crippen LogP contribution is 2.39. The Kier molecular flexibility index (Phi) is 7.73. The van der Waals surface area contributed by atoms with Gasteiger partial charge in [-0.1, -0.05) is 45.0 Å². The van der Waals surface area contributed by atoms with Crippen molar-refractivity contribution in [3.63, 3.8) is 0 Å². The van der Waals surface area contributed by atoms with Gasteiger partial charge in [-0.15, -0.1) is 0 Å². The third-order valence-corrected chi connectivity index (χ3v) is 6.52. The Labute approximate surface area is 229 Å². The van der Waals surface area contributed by atoms with Crippen LogP contribution in [0.4, 0.5) is 21.9 Å². The van der Waals surface area contributed by atoms with E-state index in [0.717, 1.165) is 28.2 Å². The Morgan fingerprint density at radius 1 is 0.923 bits per heavy atom. The Balaban J connectivity index is 1.66. The van der Waals surface area contributed by atoms with Crippen LogP contribution in [0.15, 0.2) is 66.9 Å². The molecular weight excluding hydrogens is 515 g/mol. The number of urea groups is 1. The van der Waals surface area contributed by atoms with Gasteiger partial charge in [0, 0.05) is 17.0 Å². The van der Waals surface area contributed by atoms with Crippen molar-refractivity contribution in [2.45, 2.75) is 26.2 Å². The molecule has 0 bridgehead atoms. The van der Waals surface area contributed by atoms with E-state index in [1.807, 2.05) is 58.9 Å². The van der Waals surface area contributed by atoms with Gasteiger partial charge in [0.05, 0.1) is 30.4 Å². The second-order valence-electron chi connectivity index (χ2n) is 10.2. The van der Waals surface area contributed by atoms with Crippen molar-refractivity contribution in [2.75, 3.05) is 28.7 Å². The van der Waals surface area contributed by atoms with Gasteiger partial charge in [-0.2, -0.15) is 0 Å². The van der Waals surface area contributed by atoms with Gasteiger partial charge in [0.2, 0.25) is 10.0 Å². The van der Waals surface area contributed by atoms with Gasteiger partial charge >= 0.3 is 6.03 Å². The minimum Gasteiger partial charge on any atom is -0.492 e. The third-order valence-electron chi connectivity index (χ3n) is 5.93. The van der Waals surface area contributed by atoms with E-state index in [4.69, 9.17) is 9.47 Å². The minimum absolute atomic E-state index is 0.199. The average Bonchev–Trinajstić information content (AvgIpc) is 2.84. The predicted molar refractivity (Wildman–Crippen MR) is 159 cm³/mol. The SMILES string of the molecule is Bc1cc(Oc2ccc(NC(=O)Nc3cc(C(C)(C)C)cc(NS(C)(=O)=O)c3OC)c3ccccc23)ccn1. The quantitative estimate of drug-likeness (QED) is 0.292. The van der Waals surface area contributed by atoms with Crippen LogP contribution in [0.25, 0.3) is 10.8 Å². The zero-order valence-corrected chi connectivity index (χ0v) is 23.6. The number of methoxy groups -OCH3 is 1. The van der Waals surface area contributed by atoms with Crippen molar-refractivity contribution in [1.29, 1.82) is 0 Å². The van der Waals surface area contributed by atoms with Crippen LogP contribution in [-0.2, 0) is 15.4 Å². The van der Waals surface area contributed by atoms with Crippen molar-refractivity contribution in [3.05, 3.63) is 72.4 Å². The van der Waals surface area contributed by atoms with E-state index in [0.29, 0.717) is 22.9 Å². The summed E-state index contributed by atoms with van der Waals surface area (Å²) in [6, 6.07) is 17.7. The van der Waals surface area contributed by atoms with Crippen molar-refractivity contribution in [2.24, 2.45) is 0 Å². The van der Waals surface area contributed by atoms with Gasteiger partial charge in [-0.3, -0.25) is 9.71 Å². The molecule has 3 N–H and O–H groups in total. The van der Waals surface area contributed by atoms with Gasteiger partial charge in [0.15, 0.2) is 13.6 Å². The number of hydrogen-bond donors (Lipinski definition) is 3. The summed E-state index contributed by atoms with van der Waals surface area (Å²) < 4.78 is 38.1. The van der Waals surface area contributed by atoms with Crippen LogP contribution >= 0.6 is 0 Å². The van der Waals surface area contributed by atoms with Crippen molar-refractivity contribution < 1.29 is 22.7 Å². The molecule has 0 spiro atoms. The molecule has 2 amide bonds. The number of ether oxygens (including phenoxy) is 2. The zero-order chi connectivity index (χ0) is 28.4. The van der Waals surface area contributed by atoms with Gasteiger partial charge in [0.25, 0.3) is 0 Å². The molecule has 0 fully saturated rings. The highest BCUT2D eigenvalue weighted by atomic mass is 32.2. The number of anilines is 3. The molecule has 9 nitrogen and oxygen atoms in total. The number of hydrogen-bond acceptors (Lipinski definition) is 6. The van der Waals surface area contributed by atoms with E-state index >= 15 is 0 Å².